The minimum absolute atomic E-state index is 0.122. The molecule has 132 valence electrons. The fourth-order valence-corrected chi connectivity index (χ4v) is 3.41. The van der Waals surface area contributed by atoms with Crippen LogP contribution in [0.4, 0.5) is 0 Å². The molecule has 5 nitrogen and oxygen atoms in total. The predicted molar refractivity (Wildman–Crippen MR) is 91.3 cm³/mol. The lowest BCUT2D eigenvalue weighted by atomic mass is 9.83. The van der Waals surface area contributed by atoms with Crippen LogP contribution in [-0.4, -0.2) is 34.7 Å². The Balaban J connectivity index is 1.93. The summed E-state index contributed by atoms with van der Waals surface area (Å²) in [5, 5.41) is 13.0. The molecule has 0 aromatic heterocycles. The van der Waals surface area contributed by atoms with Crippen LogP contribution in [0.5, 0.6) is 0 Å². The fourth-order valence-electron chi connectivity index (χ4n) is 3.41. The van der Waals surface area contributed by atoms with E-state index in [9.17, 15) is 19.5 Å². The van der Waals surface area contributed by atoms with Crippen molar-refractivity contribution < 1.29 is 19.5 Å². The molecule has 0 aliphatic heterocycles. The summed E-state index contributed by atoms with van der Waals surface area (Å²) in [5.74, 6) is -0.647. The summed E-state index contributed by atoms with van der Waals surface area (Å²) in [5.41, 5.74) is 1.80. The smallest absolute Gasteiger partial charge is 0.249 e. The van der Waals surface area contributed by atoms with Gasteiger partial charge in [-0.05, 0) is 46.5 Å². The van der Waals surface area contributed by atoms with Gasteiger partial charge in [-0.1, -0.05) is 19.3 Å². The van der Waals surface area contributed by atoms with E-state index >= 15 is 0 Å². The number of nitrogens with one attached hydrogen (secondary N) is 1. The Bertz CT molecular complexity index is 609. The lowest BCUT2D eigenvalue weighted by molar-refractivity contribution is -0.130. The summed E-state index contributed by atoms with van der Waals surface area (Å²) >= 11 is 0. The normalized spacial score (nSPS) is 21.3. The van der Waals surface area contributed by atoms with Gasteiger partial charge in [0.2, 0.25) is 5.91 Å². The van der Waals surface area contributed by atoms with E-state index in [0.29, 0.717) is 22.3 Å². The molecule has 0 aromatic carbocycles. The maximum Gasteiger partial charge on any atom is 0.249 e. The molecule has 24 heavy (non-hydrogen) atoms. The second kappa shape index (κ2) is 7.88. The first-order valence-electron chi connectivity index (χ1n) is 8.78. The fraction of sp³-hybridized carbons (Fsp3) is 0.632. The molecule has 1 fully saturated rings. The molecule has 0 unspecified atom stereocenters. The second-order valence-electron chi connectivity index (χ2n) is 6.91. The van der Waals surface area contributed by atoms with Crippen LogP contribution in [0.1, 0.15) is 65.7 Å². The monoisotopic (exact) mass is 333 g/mol. The number of allylic oxidation sites excluding steroid dienone is 4. The van der Waals surface area contributed by atoms with Crippen LogP contribution in [0.15, 0.2) is 22.3 Å². The van der Waals surface area contributed by atoms with Crippen LogP contribution in [0.2, 0.25) is 0 Å². The van der Waals surface area contributed by atoms with Gasteiger partial charge in [-0.3, -0.25) is 14.4 Å². The number of hydrogen-bond acceptors (Lipinski definition) is 4. The van der Waals surface area contributed by atoms with E-state index in [4.69, 9.17) is 0 Å². The minimum atomic E-state index is -1.15. The second-order valence-corrected chi connectivity index (χ2v) is 6.91. The van der Waals surface area contributed by atoms with Crippen molar-refractivity contribution in [3.05, 3.63) is 22.3 Å². The van der Waals surface area contributed by atoms with Crippen molar-refractivity contribution in [2.75, 3.05) is 0 Å². The molecule has 5 heteroatoms. The molecule has 2 rings (SSSR count). The zero-order valence-electron chi connectivity index (χ0n) is 14.8. The Morgan fingerprint density at radius 2 is 1.62 bits per heavy atom. The Morgan fingerprint density at radius 1 is 1.04 bits per heavy atom. The van der Waals surface area contributed by atoms with Gasteiger partial charge in [0.15, 0.2) is 11.6 Å². The number of Topliss-reactive ketones (excluding diaryl/α,β-unsaturated/α-hetero) is 2. The lowest BCUT2D eigenvalue weighted by Crippen LogP contribution is -2.42. The molecule has 0 heterocycles. The van der Waals surface area contributed by atoms with Crippen molar-refractivity contribution in [3.8, 4) is 0 Å². The SMILES string of the molecule is CC1=C(C)C(=O)C(CC[C@H](O)C(=O)NC2CCCCC2)=C(C)C1=O. The number of rotatable bonds is 5. The first-order chi connectivity index (χ1) is 11.3. The maximum absolute atomic E-state index is 12.3. The number of ketones is 2. The largest absolute Gasteiger partial charge is 0.383 e. The molecule has 1 saturated carbocycles. The zero-order chi connectivity index (χ0) is 17.9. The predicted octanol–water partition coefficient (Wildman–Crippen LogP) is 2.38. The first kappa shape index (κ1) is 18.6. The van der Waals surface area contributed by atoms with Crippen LogP contribution in [0.3, 0.4) is 0 Å². The molecule has 0 aromatic rings. The molecule has 2 N–H and O–H groups in total. The third-order valence-corrected chi connectivity index (χ3v) is 5.23. The van der Waals surface area contributed by atoms with E-state index < -0.39 is 6.10 Å². The van der Waals surface area contributed by atoms with Gasteiger partial charge in [0.05, 0.1) is 0 Å². The molecule has 0 saturated heterocycles. The van der Waals surface area contributed by atoms with E-state index in [1.165, 1.54) is 6.42 Å². The first-order valence-corrected chi connectivity index (χ1v) is 8.78. The van der Waals surface area contributed by atoms with Crippen molar-refractivity contribution in [3.63, 3.8) is 0 Å². The maximum atomic E-state index is 12.3. The van der Waals surface area contributed by atoms with E-state index in [2.05, 4.69) is 5.32 Å². The zero-order valence-corrected chi connectivity index (χ0v) is 14.8. The van der Waals surface area contributed by atoms with Crippen LogP contribution in [-0.2, 0) is 14.4 Å². The van der Waals surface area contributed by atoms with Crippen LogP contribution in [0.25, 0.3) is 0 Å². The number of carbonyl (C=O) groups excluding carboxylic acids is 3. The van der Waals surface area contributed by atoms with E-state index in [-0.39, 0.29) is 36.4 Å². The van der Waals surface area contributed by atoms with Crippen LogP contribution in [0, 0.1) is 0 Å². The molecule has 1 atom stereocenters. The molecule has 0 radical (unpaired) electrons. The third kappa shape index (κ3) is 4.01. The van der Waals surface area contributed by atoms with Crippen molar-refractivity contribution >= 4 is 17.5 Å². The number of hydrogen-bond donors (Lipinski definition) is 2. The Hall–Kier alpha value is -1.75. The summed E-state index contributed by atoms with van der Waals surface area (Å²) in [7, 11) is 0. The summed E-state index contributed by atoms with van der Waals surface area (Å²) in [6.07, 6.45) is 4.56. The Morgan fingerprint density at radius 3 is 2.25 bits per heavy atom. The topological polar surface area (TPSA) is 83.5 Å². The van der Waals surface area contributed by atoms with Crippen LogP contribution < -0.4 is 5.32 Å². The molecule has 2 aliphatic carbocycles. The van der Waals surface area contributed by atoms with Crippen molar-refractivity contribution in [1.29, 1.82) is 0 Å². The quantitative estimate of drug-likeness (QED) is 0.757. The van der Waals surface area contributed by atoms with Crippen molar-refractivity contribution in [2.24, 2.45) is 0 Å². The summed E-state index contributed by atoms with van der Waals surface area (Å²) in [6, 6.07) is 0.146. The number of carbonyl (C=O) groups is 3. The van der Waals surface area contributed by atoms with Gasteiger partial charge in [0.25, 0.3) is 0 Å². The lowest BCUT2D eigenvalue weighted by Gasteiger charge is -2.24. The minimum Gasteiger partial charge on any atom is -0.383 e. The van der Waals surface area contributed by atoms with Gasteiger partial charge in [0.1, 0.15) is 6.10 Å². The number of aliphatic hydroxyl groups is 1. The highest BCUT2D eigenvalue weighted by Crippen LogP contribution is 2.27. The van der Waals surface area contributed by atoms with Crippen LogP contribution >= 0.6 is 0 Å². The average Bonchev–Trinajstić information content (AvgIpc) is 2.58. The van der Waals surface area contributed by atoms with Crippen molar-refractivity contribution in [1.82, 2.24) is 5.32 Å². The van der Waals surface area contributed by atoms with E-state index in [0.717, 1.165) is 25.7 Å². The van der Waals surface area contributed by atoms with Gasteiger partial charge in [-0.25, -0.2) is 0 Å². The van der Waals surface area contributed by atoms with Gasteiger partial charge in [-0.15, -0.1) is 0 Å². The van der Waals surface area contributed by atoms with Gasteiger partial charge >= 0.3 is 0 Å². The van der Waals surface area contributed by atoms with Gasteiger partial charge < -0.3 is 10.4 Å². The molecule has 0 spiro atoms. The molecule has 0 bridgehead atoms. The molecular formula is C19H27NO4. The highest BCUT2D eigenvalue weighted by molar-refractivity contribution is 6.24. The Labute approximate surface area is 143 Å². The molecule has 2 aliphatic rings. The third-order valence-electron chi connectivity index (χ3n) is 5.23. The number of aliphatic hydroxyl groups excluding tert-OH is 1. The summed E-state index contributed by atoms with van der Waals surface area (Å²) in [6.45, 7) is 4.94. The molecular weight excluding hydrogens is 306 g/mol. The van der Waals surface area contributed by atoms with E-state index in [1.807, 2.05) is 0 Å². The average molecular weight is 333 g/mol. The van der Waals surface area contributed by atoms with E-state index in [1.54, 1.807) is 20.8 Å². The number of amides is 1. The standard InChI is InChI=1S/C19H27NO4/c1-11-12(2)18(23)15(13(3)17(11)22)9-10-16(21)19(24)20-14-7-5-4-6-8-14/h14,16,21H,4-10H2,1-3H3,(H,20,24)/t16-/m0/s1. The van der Waals surface area contributed by atoms with Gasteiger partial charge in [0, 0.05) is 28.3 Å². The van der Waals surface area contributed by atoms with Gasteiger partial charge in [-0.2, -0.15) is 0 Å². The molecule has 1 amide bonds. The van der Waals surface area contributed by atoms with Crippen molar-refractivity contribution in [2.45, 2.75) is 77.9 Å². The highest BCUT2D eigenvalue weighted by Gasteiger charge is 2.29. The Kier molecular flexibility index (Phi) is 6.10. The summed E-state index contributed by atoms with van der Waals surface area (Å²) in [4.78, 5) is 36.6. The highest BCUT2D eigenvalue weighted by atomic mass is 16.3. The summed E-state index contributed by atoms with van der Waals surface area (Å²) < 4.78 is 0.